The van der Waals surface area contributed by atoms with Gasteiger partial charge in [-0.05, 0) is 58.0 Å². The summed E-state index contributed by atoms with van der Waals surface area (Å²) in [5, 5.41) is 20.3. The lowest BCUT2D eigenvalue weighted by molar-refractivity contribution is -0.384. The van der Waals surface area contributed by atoms with Gasteiger partial charge in [-0.1, -0.05) is 57.2 Å². The van der Waals surface area contributed by atoms with Gasteiger partial charge >= 0.3 is 0 Å². The summed E-state index contributed by atoms with van der Waals surface area (Å²) < 4.78 is 5.87. The van der Waals surface area contributed by atoms with Gasteiger partial charge in [0.05, 0.1) is 16.6 Å². The maximum Gasteiger partial charge on any atom is 0.269 e. The number of hydrogen-bond acceptors (Lipinski definition) is 4. The van der Waals surface area contributed by atoms with Crippen molar-refractivity contribution in [1.29, 1.82) is 5.26 Å². The third-order valence-corrected chi connectivity index (χ3v) is 4.93. The van der Waals surface area contributed by atoms with Crippen LogP contribution in [0.1, 0.15) is 43.0 Å². The third-order valence-electron chi connectivity index (χ3n) is 4.93. The first kappa shape index (κ1) is 21.8. The Morgan fingerprint density at radius 2 is 1.61 bits per heavy atom. The summed E-state index contributed by atoms with van der Waals surface area (Å²) in [5.74, 6) is 0.742. The predicted molar refractivity (Wildman–Crippen MR) is 122 cm³/mol. The van der Waals surface area contributed by atoms with E-state index in [4.69, 9.17) is 4.74 Å². The van der Waals surface area contributed by atoms with E-state index in [0.29, 0.717) is 17.7 Å². The molecule has 156 valence electrons. The zero-order chi connectivity index (χ0) is 22.4. The van der Waals surface area contributed by atoms with Crippen molar-refractivity contribution in [3.8, 4) is 11.8 Å². The molecule has 0 aromatic heterocycles. The van der Waals surface area contributed by atoms with Crippen LogP contribution in [0.15, 0.2) is 72.8 Å². The molecule has 5 heteroatoms. The van der Waals surface area contributed by atoms with Gasteiger partial charge in [-0.2, -0.15) is 5.26 Å². The molecule has 5 nitrogen and oxygen atoms in total. The number of rotatable bonds is 6. The Morgan fingerprint density at radius 1 is 1.00 bits per heavy atom. The van der Waals surface area contributed by atoms with E-state index in [1.54, 1.807) is 18.2 Å². The van der Waals surface area contributed by atoms with Crippen LogP contribution in [0.3, 0.4) is 0 Å². The Hall–Kier alpha value is -3.91. The fourth-order valence-electron chi connectivity index (χ4n) is 3.04. The normalized spacial score (nSPS) is 11.6. The Morgan fingerprint density at radius 3 is 2.13 bits per heavy atom. The minimum absolute atomic E-state index is 0.00409. The zero-order valence-electron chi connectivity index (χ0n) is 17.8. The minimum atomic E-state index is -0.461. The molecule has 0 amide bonds. The average Bonchev–Trinajstić information content (AvgIpc) is 2.76. The number of nitrogens with zero attached hydrogens (tertiary/aromatic N) is 2. The van der Waals surface area contributed by atoms with Gasteiger partial charge in [-0.25, -0.2) is 0 Å². The minimum Gasteiger partial charge on any atom is -0.489 e. The lowest BCUT2D eigenvalue weighted by atomic mass is 9.87. The maximum absolute atomic E-state index is 10.8. The van der Waals surface area contributed by atoms with Gasteiger partial charge in [0.25, 0.3) is 5.69 Å². The van der Waals surface area contributed by atoms with E-state index >= 15 is 0 Å². The molecule has 0 aliphatic carbocycles. The van der Waals surface area contributed by atoms with E-state index < -0.39 is 4.92 Å². The second-order valence-electron chi connectivity index (χ2n) is 8.28. The zero-order valence-corrected chi connectivity index (χ0v) is 17.8. The molecule has 31 heavy (non-hydrogen) atoms. The van der Waals surface area contributed by atoms with E-state index in [1.165, 1.54) is 17.7 Å². The second-order valence-corrected chi connectivity index (χ2v) is 8.28. The summed E-state index contributed by atoms with van der Waals surface area (Å²) in [6.45, 7) is 7.04. The average molecular weight is 412 g/mol. The first-order valence-corrected chi connectivity index (χ1v) is 9.95. The summed E-state index contributed by atoms with van der Waals surface area (Å²) >= 11 is 0. The van der Waals surface area contributed by atoms with Crippen molar-refractivity contribution in [2.75, 3.05) is 0 Å². The molecule has 0 saturated heterocycles. The lowest BCUT2D eigenvalue weighted by Crippen LogP contribution is -2.10. The number of nitriles is 1. The van der Waals surface area contributed by atoms with Crippen LogP contribution in [-0.2, 0) is 12.0 Å². The summed E-state index contributed by atoms with van der Waals surface area (Å²) in [5.41, 5.74) is 4.41. The van der Waals surface area contributed by atoms with Crippen molar-refractivity contribution < 1.29 is 9.66 Å². The van der Waals surface area contributed by atoms with Gasteiger partial charge in [0.2, 0.25) is 0 Å². The molecular formula is C26H24N2O3. The van der Waals surface area contributed by atoms with Gasteiger partial charge in [-0.3, -0.25) is 10.1 Å². The van der Waals surface area contributed by atoms with Gasteiger partial charge in [-0.15, -0.1) is 0 Å². The fraction of sp³-hybridized carbons (Fsp3) is 0.192. The Bertz CT molecular complexity index is 1120. The Labute approximate surface area is 182 Å². The van der Waals surface area contributed by atoms with E-state index in [9.17, 15) is 15.4 Å². The first-order chi connectivity index (χ1) is 14.8. The Kier molecular flexibility index (Phi) is 6.52. The van der Waals surface area contributed by atoms with Gasteiger partial charge in [0.1, 0.15) is 12.4 Å². The highest BCUT2D eigenvalue weighted by Crippen LogP contribution is 2.24. The molecule has 0 saturated carbocycles. The van der Waals surface area contributed by atoms with Crippen molar-refractivity contribution in [3.63, 3.8) is 0 Å². The molecule has 0 aliphatic heterocycles. The van der Waals surface area contributed by atoms with Gasteiger partial charge in [0, 0.05) is 12.1 Å². The number of ether oxygens (including phenoxy) is 1. The van der Waals surface area contributed by atoms with Crippen molar-refractivity contribution >= 4 is 17.3 Å². The summed E-state index contributed by atoms with van der Waals surface area (Å²) in [6.07, 6.45) is 1.75. The Balaban J connectivity index is 1.66. The van der Waals surface area contributed by atoms with Crippen LogP contribution in [0.4, 0.5) is 5.69 Å². The van der Waals surface area contributed by atoms with Gasteiger partial charge < -0.3 is 4.74 Å². The van der Waals surface area contributed by atoms with Crippen molar-refractivity contribution in [1.82, 2.24) is 0 Å². The fourth-order valence-corrected chi connectivity index (χ4v) is 3.04. The maximum atomic E-state index is 10.8. The van der Waals surface area contributed by atoms with Crippen molar-refractivity contribution in [2.45, 2.75) is 32.8 Å². The molecule has 0 atom stereocenters. The van der Waals surface area contributed by atoms with Crippen LogP contribution in [-0.4, -0.2) is 4.92 Å². The second kappa shape index (κ2) is 9.27. The first-order valence-electron chi connectivity index (χ1n) is 9.95. The van der Waals surface area contributed by atoms with E-state index in [1.807, 2.05) is 24.3 Å². The molecule has 0 aliphatic rings. The molecule has 0 bridgehead atoms. The number of benzene rings is 3. The number of non-ortho nitro benzene ring substituents is 1. The van der Waals surface area contributed by atoms with Gasteiger partial charge in [0.15, 0.2) is 0 Å². The largest absolute Gasteiger partial charge is 0.489 e. The molecule has 0 N–H and O–H groups in total. The number of nitro groups is 1. The predicted octanol–water partition coefficient (Wildman–Crippen LogP) is 6.54. The molecule has 0 fully saturated rings. The highest BCUT2D eigenvalue weighted by Gasteiger charge is 2.12. The SMILES string of the molecule is CC(C)(C)c1ccc(COc2ccc(C=C(C#N)c3ccc([N+](=O)[O-])cc3)cc2)cc1. The van der Waals surface area contributed by atoms with Crippen molar-refractivity contribution in [2.24, 2.45) is 0 Å². The standard InChI is InChI=1S/C26H24N2O3/c1-26(2,3)23-10-4-20(5-11-23)18-31-25-14-6-19(7-15-25)16-22(17-27)21-8-12-24(13-9-21)28(29)30/h4-16H,18H2,1-3H3. The highest BCUT2D eigenvalue weighted by molar-refractivity contribution is 5.89. The molecule has 3 aromatic rings. The van der Waals surface area contributed by atoms with Crippen LogP contribution in [0.5, 0.6) is 5.75 Å². The molecule has 0 radical (unpaired) electrons. The lowest BCUT2D eigenvalue weighted by Gasteiger charge is -2.19. The topological polar surface area (TPSA) is 76.2 Å². The summed E-state index contributed by atoms with van der Waals surface area (Å²) in [6, 6.07) is 24.0. The van der Waals surface area contributed by atoms with Crippen LogP contribution >= 0.6 is 0 Å². The van der Waals surface area contributed by atoms with Crippen LogP contribution in [0, 0.1) is 21.4 Å². The summed E-state index contributed by atoms with van der Waals surface area (Å²) in [4.78, 5) is 10.3. The molecule has 0 spiro atoms. The summed E-state index contributed by atoms with van der Waals surface area (Å²) in [7, 11) is 0. The van der Waals surface area contributed by atoms with Crippen LogP contribution in [0.25, 0.3) is 11.6 Å². The molecule has 0 heterocycles. The number of nitro benzene ring substituents is 1. The molecule has 0 unspecified atom stereocenters. The smallest absolute Gasteiger partial charge is 0.269 e. The van der Waals surface area contributed by atoms with E-state index in [2.05, 4.69) is 51.1 Å². The quantitative estimate of drug-likeness (QED) is 0.199. The third kappa shape index (κ3) is 5.80. The van der Waals surface area contributed by atoms with E-state index in [-0.39, 0.29) is 11.1 Å². The van der Waals surface area contributed by atoms with E-state index in [0.717, 1.165) is 16.9 Å². The monoisotopic (exact) mass is 412 g/mol. The molecule has 3 rings (SSSR count). The highest BCUT2D eigenvalue weighted by atomic mass is 16.6. The number of hydrogen-bond donors (Lipinski definition) is 0. The van der Waals surface area contributed by atoms with Crippen molar-refractivity contribution in [3.05, 3.63) is 105 Å². The molecular weight excluding hydrogens is 388 g/mol. The molecule has 3 aromatic carbocycles. The van der Waals surface area contributed by atoms with Crippen LogP contribution in [0.2, 0.25) is 0 Å². The van der Waals surface area contributed by atoms with Crippen LogP contribution < -0.4 is 4.74 Å². The number of allylic oxidation sites excluding steroid dienone is 1.